The molecular weight excluding hydrogens is 320 g/mol. The van der Waals surface area contributed by atoms with E-state index in [1.54, 1.807) is 12.1 Å². The maximum atomic E-state index is 11.7. The molecule has 2 aromatic carbocycles. The fourth-order valence-corrected chi connectivity index (χ4v) is 3.28. The Kier molecular flexibility index (Phi) is 5.59. The normalized spacial score (nSPS) is 10.9. The minimum Gasteiger partial charge on any atom is -0.493 e. The Bertz CT molecular complexity index is 853. The highest BCUT2D eigenvalue weighted by atomic mass is 32.2. The second-order valence-corrected chi connectivity index (χ2v) is 6.83. The zero-order chi connectivity index (χ0) is 16.8. The lowest BCUT2D eigenvalue weighted by Gasteiger charge is -2.07. The van der Waals surface area contributed by atoms with Crippen molar-refractivity contribution in [1.29, 1.82) is 0 Å². The first kappa shape index (κ1) is 16.7. The van der Waals surface area contributed by atoms with E-state index in [1.165, 1.54) is 22.8 Å². The maximum absolute atomic E-state index is 11.7. The third-order valence-electron chi connectivity index (χ3n) is 3.73. The quantitative estimate of drug-likeness (QED) is 0.445. The molecular formula is C20H20O3S. The van der Waals surface area contributed by atoms with E-state index in [2.05, 4.69) is 31.2 Å². The summed E-state index contributed by atoms with van der Waals surface area (Å²) in [7, 11) is 0. The fraction of sp³-hybridized carbons (Fsp3) is 0.250. The van der Waals surface area contributed by atoms with Gasteiger partial charge in [0.25, 0.3) is 0 Å². The van der Waals surface area contributed by atoms with Crippen LogP contribution in [0.5, 0.6) is 5.75 Å². The highest BCUT2D eigenvalue weighted by molar-refractivity contribution is 7.99. The van der Waals surface area contributed by atoms with Gasteiger partial charge in [-0.25, -0.2) is 0 Å². The van der Waals surface area contributed by atoms with Crippen molar-refractivity contribution in [2.75, 3.05) is 12.4 Å². The molecule has 3 nitrogen and oxygen atoms in total. The van der Waals surface area contributed by atoms with E-state index in [4.69, 9.17) is 9.15 Å². The molecule has 0 fully saturated rings. The van der Waals surface area contributed by atoms with Gasteiger partial charge in [-0.1, -0.05) is 17.7 Å². The number of benzene rings is 2. The van der Waals surface area contributed by atoms with Gasteiger partial charge >= 0.3 is 0 Å². The predicted octanol–water partition coefficient (Wildman–Crippen LogP) is 5.05. The molecule has 124 valence electrons. The Morgan fingerprint density at radius 1 is 1.04 bits per heavy atom. The van der Waals surface area contributed by atoms with Crippen molar-refractivity contribution in [2.24, 2.45) is 0 Å². The van der Waals surface area contributed by atoms with Crippen LogP contribution >= 0.6 is 11.8 Å². The second kappa shape index (κ2) is 8.06. The summed E-state index contributed by atoms with van der Waals surface area (Å²) < 4.78 is 11.1. The summed E-state index contributed by atoms with van der Waals surface area (Å²) in [6, 6.07) is 15.4. The van der Waals surface area contributed by atoms with Gasteiger partial charge in [0.15, 0.2) is 5.43 Å². The Hall–Kier alpha value is -2.20. The summed E-state index contributed by atoms with van der Waals surface area (Å²) >= 11 is 1.87. The van der Waals surface area contributed by atoms with Crippen molar-refractivity contribution < 1.29 is 9.15 Å². The van der Waals surface area contributed by atoms with Crippen molar-refractivity contribution in [1.82, 2.24) is 0 Å². The summed E-state index contributed by atoms with van der Waals surface area (Å²) in [5, 5.41) is 0.583. The van der Waals surface area contributed by atoms with Crippen LogP contribution in [0.4, 0.5) is 0 Å². The molecule has 24 heavy (non-hydrogen) atoms. The Labute approximate surface area is 145 Å². The van der Waals surface area contributed by atoms with Gasteiger partial charge in [0.1, 0.15) is 11.3 Å². The molecule has 0 saturated heterocycles. The molecule has 0 unspecified atom stereocenters. The molecule has 0 N–H and O–H groups in total. The topological polar surface area (TPSA) is 39.4 Å². The van der Waals surface area contributed by atoms with E-state index < -0.39 is 0 Å². The highest BCUT2D eigenvalue weighted by Gasteiger charge is 2.02. The molecule has 0 aliphatic carbocycles. The van der Waals surface area contributed by atoms with Gasteiger partial charge in [0.2, 0.25) is 0 Å². The van der Waals surface area contributed by atoms with Crippen LogP contribution in [0, 0.1) is 6.92 Å². The van der Waals surface area contributed by atoms with Crippen LogP contribution in [-0.4, -0.2) is 12.4 Å². The Balaban J connectivity index is 1.42. The van der Waals surface area contributed by atoms with E-state index in [-0.39, 0.29) is 5.43 Å². The minimum atomic E-state index is -0.0315. The zero-order valence-corrected chi connectivity index (χ0v) is 14.5. The smallest absolute Gasteiger partial charge is 0.192 e. The fourth-order valence-electron chi connectivity index (χ4n) is 2.37. The van der Waals surface area contributed by atoms with E-state index in [9.17, 15) is 4.79 Å². The molecule has 4 heteroatoms. The summed E-state index contributed by atoms with van der Waals surface area (Å²) in [6.45, 7) is 2.76. The third kappa shape index (κ3) is 4.42. The minimum absolute atomic E-state index is 0.0315. The van der Waals surface area contributed by atoms with Crippen LogP contribution in [-0.2, 0) is 0 Å². The molecule has 0 aliphatic rings. The number of hydrogen-bond acceptors (Lipinski definition) is 4. The lowest BCUT2D eigenvalue weighted by atomic mass is 10.2. The molecule has 0 radical (unpaired) electrons. The number of hydrogen-bond donors (Lipinski definition) is 0. The van der Waals surface area contributed by atoms with Crippen molar-refractivity contribution in [2.45, 2.75) is 24.7 Å². The van der Waals surface area contributed by atoms with Crippen LogP contribution in [0.1, 0.15) is 18.4 Å². The molecule has 1 aromatic heterocycles. The Morgan fingerprint density at radius 3 is 2.71 bits per heavy atom. The number of ether oxygens (including phenoxy) is 1. The molecule has 0 bridgehead atoms. The SMILES string of the molecule is Cc1ccc(SCCCCOc2ccc3c(=O)ccoc3c2)cc1. The lowest BCUT2D eigenvalue weighted by Crippen LogP contribution is -2.00. The molecule has 3 rings (SSSR count). The van der Waals surface area contributed by atoms with Crippen LogP contribution in [0.15, 0.2) is 68.9 Å². The molecule has 0 saturated carbocycles. The lowest BCUT2D eigenvalue weighted by molar-refractivity contribution is 0.310. The van der Waals surface area contributed by atoms with Crippen LogP contribution in [0.3, 0.4) is 0 Å². The summed E-state index contributed by atoms with van der Waals surface area (Å²) in [5.41, 5.74) is 1.82. The largest absolute Gasteiger partial charge is 0.493 e. The van der Waals surface area contributed by atoms with Gasteiger partial charge < -0.3 is 9.15 Å². The van der Waals surface area contributed by atoms with E-state index in [0.29, 0.717) is 17.6 Å². The second-order valence-electron chi connectivity index (χ2n) is 5.66. The molecule has 0 aliphatic heterocycles. The van der Waals surface area contributed by atoms with Gasteiger partial charge in [0.05, 0.1) is 18.3 Å². The number of unbranched alkanes of at least 4 members (excludes halogenated alkanes) is 1. The molecule has 3 aromatic rings. The van der Waals surface area contributed by atoms with Crippen molar-refractivity contribution in [3.8, 4) is 5.75 Å². The van der Waals surface area contributed by atoms with Crippen molar-refractivity contribution >= 4 is 22.7 Å². The highest BCUT2D eigenvalue weighted by Crippen LogP contribution is 2.21. The molecule has 0 spiro atoms. The van der Waals surface area contributed by atoms with Crippen LogP contribution < -0.4 is 10.2 Å². The van der Waals surface area contributed by atoms with E-state index in [1.807, 2.05) is 17.8 Å². The van der Waals surface area contributed by atoms with Crippen LogP contribution in [0.2, 0.25) is 0 Å². The van der Waals surface area contributed by atoms with Gasteiger partial charge in [-0.05, 0) is 49.8 Å². The first-order valence-electron chi connectivity index (χ1n) is 8.06. The monoisotopic (exact) mass is 340 g/mol. The molecule has 0 atom stereocenters. The summed E-state index contributed by atoms with van der Waals surface area (Å²) in [4.78, 5) is 13.0. The van der Waals surface area contributed by atoms with Gasteiger partial charge in [-0.15, -0.1) is 11.8 Å². The molecule has 1 heterocycles. The Morgan fingerprint density at radius 2 is 1.88 bits per heavy atom. The zero-order valence-electron chi connectivity index (χ0n) is 13.7. The number of fused-ring (bicyclic) bond motifs is 1. The standard InChI is InChI=1S/C20H20O3S/c1-15-4-7-17(8-5-15)24-13-3-2-11-22-16-6-9-18-19(21)10-12-23-20(18)14-16/h4-10,12,14H,2-3,11,13H2,1H3. The van der Waals surface area contributed by atoms with Crippen molar-refractivity contribution in [3.05, 3.63) is 70.6 Å². The van der Waals surface area contributed by atoms with Gasteiger partial charge in [0, 0.05) is 17.0 Å². The van der Waals surface area contributed by atoms with Crippen LogP contribution in [0.25, 0.3) is 11.0 Å². The first-order chi connectivity index (χ1) is 11.7. The van der Waals surface area contributed by atoms with Gasteiger partial charge in [-0.3, -0.25) is 4.79 Å². The van der Waals surface area contributed by atoms with E-state index in [0.717, 1.165) is 24.3 Å². The summed E-state index contributed by atoms with van der Waals surface area (Å²) in [5.74, 6) is 1.82. The third-order valence-corrected chi connectivity index (χ3v) is 4.83. The average molecular weight is 340 g/mol. The number of thioether (sulfide) groups is 1. The molecule has 0 amide bonds. The van der Waals surface area contributed by atoms with Crippen molar-refractivity contribution in [3.63, 3.8) is 0 Å². The van der Waals surface area contributed by atoms with Gasteiger partial charge in [-0.2, -0.15) is 0 Å². The van der Waals surface area contributed by atoms with E-state index >= 15 is 0 Å². The average Bonchev–Trinajstić information content (AvgIpc) is 2.60. The number of aryl methyl sites for hydroxylation is 1. The maximum Gasteiger partial charge on any atom is 0.192 e. The summed E-state index contributed by atoms with van der Waals surface area (Å²) in [6.07, 6.45) is 3.51. The number of rotatable bonds is 7. The first-order valence-corrected chi connectivity index (χ1v) is 9.05. The predicted molar refractivity (Wildman–Crippen MR) is 99.1 cm³/mol.